The van der Waals surface area contributed by atoms with Gasteiger partial charge in [-0.3, -0.25) is 14.9 Å². The average Bonchev–Trinajstić information content (AvgIpc) is 2.43. The number of amides is 2. The van der Waals surface area contributed by atoms with Gasteiger partial charge in [0.05, 0.1) is 5.92 Å². The molecule has 2 saturated heterocycles. The van der Waals surface area contributed by atoms with Crippen LogP contribution in [0.15, 0.2) is 24.3 Å². The predicted octanol–water partition coefficient (Wildman–Crippen LogP) is 2.43. The maximum absolute atomic E-state index is 11.9. The van der Waals surface area contributed by atoms with Crippen LogP contribution < -0.4 is 10.2 Å². The second kappa shape index (κ2) is 6.18. The first-order valence-corrected chi connectivity index (χ1v) is 8.54. The molecule has 2 amide bonds. The number of anilines is 1. The molecule has 3 rings (SSSR count). The molecule has 1 atom stereocenters. The van der Waals surface area contributed by atoms with E-state index in [9.17, 15) is 9.59 Å². The number of carbonyl (C=O) groups is 2. The minimum atomic E-state index is -0.186. The van der Waals surface area contributed by atoms with Crippen LogP contribution in [0.3, 0.4) is 0 Å². The molecule has 112 valence electrons. The van der Waals surface area contributed by atoms with Gasteiger partial charge in [-0.15, -0.1) is 0 Å². The molecule has 1 aromatic carbocycles. The number of hydrogen-bond donors (Lipinski definition) is 1. The molecule has 1 N–H and O–H groups in total. The SMILES string of the molecule is O=C1CCC(c2ccc(N3CC(CCBr)C3)cc2)C(=O)N1. The molecule has 2 aliphatic heterocycles. The summed E-state index contributed by atoms with van der Waals surface area (Å²) < 4.78 is 0. The summed E-state index contributed by atoms with van der Waals surface area (Å²) in [4.78, 5) is 25.4. The lowest BCUT2D eigenvalue weighted by Gasteiger charge is -2.41. The Bertz CT molecular complexity index is 538. The molecule has 21 heavy (non-hydrogen) atoms. The molecule has 0 radical (unpaired) electrons. The minimum Gasteiger partial charge on any atom is -0.371 e. The molecule has 4 nitrogen and oxygen atoms in total. The highest BCUT2D eigenvalue weighted by Crippen LogP contribution is 2.30. The molecule has 2 heterocycles. The number of alkyl halides is 1. The van der Waals surface area contributed by atoms with E-state index in [4.69, 9.17) is 0 Å². The van der Waals surface area contributed by atoms with Crippen LogP contribution in [0.1, 0.15) is 30.7 Å². The van der Waals surface area contributed by atoms with Gasteiger partial charge in [0.25, 0.3) is 0 Å². The lowest BCUT2D eigenvalue weighted by Crippen LogP contribution is -2.46. The van der Waals surface area contributed by atoms with Gasteiger partial charge in [0, 0.05) is 30.5 Å². The number of carbonyl (C=O) groups excluding carboxylic acids is 2. The maximum Gasteiger partial charge on any atom is 0.234 e. The van der Waals surface area contributed by atoms with Crippen LogP contribution in [0.2, 0.25) is 0 Å². The molecule has 2 fully saturated rings. The van der Waals surface area contributed by atoms with E-state index < -0.39 is 0 Å². The fourth-order valence-corrected chi connectivity index (χ4v) is 3.69. The number of piperidine rings is 1. The van der Waals surface area contributed by atoms with Crippen molar-refractivity contribution in [3.63, 3.8) is 0 Å². The average molecular weight is 351 g/mol. The van der Waals surface area contributed by atoms with Crippen molar-refractivity contribution in [3.8, 4) is 0 Å². The van der Waals surface area contributed by atoms with Crippen molar-refractivity contribution in [2.75, 3.05) is 23.3 Å². The van der Waals surface area contributed by atoms with E-state index in [1.165, 1.54) is 12.1 Å². The predicted molar refractivity (Wildman–Crippen MR) is 85.7 cm³/mol. The molecule has 1 unspecified atom stereocenters. The standard InChI is InChI=1S/C16H19BrN2O2/c17-8-7-11-9-19(10-11)13-3-1-12(2-4-13)14-5-6-15(20)18-16(14)21/h1-4,11,14H,5-10H2,(H,18,20,21). The van der Waals surface area contributed by atoms with Gasteiger partial charge in [0.1, 0.15) is 0 Å². The van der Waals surface area contributed by atoms with Crippen LogP contribution in [-0.2, 0) is 9.59 Å². The number of nitrogens with zero attached hydrogens (tertiary/aromatic N) is 1. The van der Waals surface area contributed by atoms with Crippen LogP contribution in [0, 0.1) is 5.92 Å². The number of rotatable bonds is 4. The summed E-state index contributed by atoms with van der Waals surface area (Å²) >= 11 is 3.48. The van der Waals surface area contributed by atoms with E-state index in [-0.39, 0.29) is 17.7 Å². The number of hydrogen-bond acceptors (Lipinski definition) is 3. The molecule has 1 aromatic rings. The first-order chi connectivity index (χ1) is 10.2. The number of benzene rings is 1. The van der Waals surface area contributed by atoms with E-state index >= 15 is 0 Å². The first kappa shape index (κ1) is 14.6. The Morgan fingerprint density at radius 1 is 1.19 bits per heavy atom. The maximum atomic E-state index is 11.9. The van der Waals surface area contributed by atoms with Gasteiger partial charge in [0.2, 0.25) is 11.8 Å². The summed E-state index contributed by atoms with van der Waals surface area (Å²) in [7, 11) is 0. The number of nitrogens with one attached hydrogen (secondary N) is 1. The Morgan fingerprint density at radius 2 is 1.90 bits per heavy atom. The summed E-state index contributed by atoms with van der Waals surface area (Å²) in [5.41, 5.74) is 2.22. The van der Waals surface area contributed by atoms with Gasteiger partial charge in [-0.25, -0.2) is 0 Å². The highest BCUT2D eigenvalue weighted by Gasteiger charge is 2.29. The third-order valence-corrected chi connectivity index (χ3v) is 4.83. The molecule has 0 bridgehead atoms. The molecular formula is C16H19BrN2O2. The molecule has 0 saturated carbocycles. The third-order valence-electron chi connectivity index (χ3n) is 4.37. The van der Waals surface area contributed by atoms with Crippen molar-refractivity contribution in [2.45, 2.75) is 25.2 Å². The monoisotopic (exact) mass is 350 g/mol. The highest BCUT2D eigenvalue weighted by atomic mass is 79.9. The molecule has 2 aliphatic rings. The number of imide groups is 1. The fourth-order valence-electron chi connectivity index (χ4n) is 3.05. The number of halogens is 1. The van der Waals surface area contributed by atoms with Crippen molar-refractivity contribution in [2.24, 2.45) is 5.92 Å². The van der Waals surface area contributed by atoms with Gasteiger partial charge in [-0.05, 0) is 36.5 Å². The van der Waals surface area contributed by atoms with Crippen molar-refractivity contribution >= 4 is 33.4 Å². The molecule has 0 aromatic heterocycles. The van der Waals surface area contributed by atoms with Crippen LogP contribution in [0.5, 0.6) is 0 Å². The minimum absolute atomic E-state index is 0.161. The van der Waals surface area contributed by atoms with Crippen LogP contribution in [0.25, 0.3) is 0 Å². The quantitative estimate of drug-likeness (QED) is 0.670. The van der Waals surface area contributed by atoms with E-state index in [1.807, 2.05) is 12.1 Å². The largest absolute Gasteiger partial charge is 0.371 e. The Hall–Kier alpha value is -1.36. The van der Waals surface area contributed by atoms with Gasteiger partial charge >= 0.3 is 0 Å². The molecule has 5 heteroatoms. The summed E-state index contributed by atoms with van der Waals surface area (Å²) in [6.45, 7) is 2.23. The van der Waals surface area contributed by atoms with E-state index in [0.29, 0.717) is 12.8 Å². The Kier molecular flexibility index (Phi) is 4.29. The fraction of sp³-hybridized carbons (Fsp3) is 0.500. The second-order valence-corrected chi connectivity index (χ2v) is 6.64. The van der Waals surface area contributed by atoms with Crippen LogP contribution in [-0.4, -0.2) is 30.2 Å². The lowest BCUT2D eigenvalue weighted by atomic mass is 9.90. The van der Waals surface area contributed by atoms with Crippen LogP contribution >= 0.6 is 15.9 Å². The van der Waals surface area contributed by atoms with Gasteiger partial charge < -0.3 is 4.90 Å². The van der Waals surface area contributed by atoms with Crippen molar-refractivity contribution in [1.29, 1.82) is 0 Å². The van der Waals surface area contributed by atoms with Gasteiger partial charge in [-0.2, -0.15) is 0 Å². The summed E-state index contributed by atoms with van der Waals surface area (Å²) in [6, 6.07) is 8.22. The van der Waals surface area contributed by atoms with E-state index in [2.05, 4.69) is 38.3 Å². The highest BCUT2D eigenvalue weighted by molar-refractivity contribution is 9.09. The van der Waals surface area contributed by atoms with E-state index in [1.54, 1.807) is 0 Å². The topological polar surface area (TPSA) is 49.4 Å². The normalized spacial score (nSPS) is 22.9. The van der Waals surface area contributed by atoms with Crippen molar-refractivity contribution in [3.05, 3.63) is 29.8 Å². The second-order valence-electron chi connectivity index (χ2n) is 5.84. The zero-order valence-electron chi connectivity index (χ0n) is 11.8. The van der Waals surface area contributed by atoms with Crippen LogP contribution in [0.4, 0.5) is 5.69 Å². The third kappa shape index (κ3) is 3.12. The van der Waals surface area contributed by atoms with Gasteiger partial charge in [-0.1, -0.05) is 28.1 Å². The smallest absolute Gasteiger partial charge is 0.234 e. The van der Waals surface area contributed by atoms with Crippen molar-refractivity contribution in [1.82, 2.24) is 5.32 Å². The van der Waals surface area contributed by atoms with E-state index in [0.717, 1.165) is 29.9 Å². The zero-order chi connectivity index (χ0) is 14.8. The van der Waals surface area contributed by atoms with Crippen molar-refractivity contribution < 1.29 is 9.59 Å². The summed E-state index contributed by atoms with van der Waals surface area (Å²) in [5, 5.41) is 3.48. The Balaban J connectivity index is 1.62. The molecule has 0 spiro atoms. The molecular weight excluding hydrogens is 332 g/mol. The zero-order valence-corrected chi connectivity index (χ0v) is 13.4. The lowest BCUT2D eigenvalue weighted by molar-refractivity contribution is -0.134. The van der Waals surface area contributed by atoms with Gasteiger partial charge in [0.15, 0.2) is 0 Å². The molecule has 0 aliphatic carbocycles. The Morgan fingerprint density at radius 3 is 2.52 bits per heavy atom. The summed E-state index contributed by atoms with van der Waals surface area (Å²) in [5.74, 6) is 0.278. The Labute approximate surface area is 133 Å². The summed E-state index contributed by atoms with van der Waals surface area (Å²) in [6.07, 6.45) is 2.27. The first-order valence-electron chi connectivity index (χ1n) is 7.42.